The van der Waals surface area contributed by atoms with Crippen molar-refractivity contribution < 1.29 is 4.74 Å². The van der Waals surface area contributed by atoms with Crippen LogP contribution in [0.3, 0.4) is 0 Å². The van der Waals surface area contributed by atoms with Crippen LogP contribution in [0.4, 0.5) is 5.82 Å². The minimum atomic E-state index is 0.264. The fourth-order valence-electron chi connectivity index (χ4n) is 0.682. The van der Waals surface area contributed by atoms with E-state index in [0.29, 0.717) is 11.6 Å². The molecule has 0 unspecified atom stereocenters. The Morgan fingerprint density at radius 3 is 3.40 bits per heavy atom. The summed E-state index contributed by atoms with van der Waals surface area (Å²) < 4.78 is 5.04. The molecule has 0 amide bonds. The maximum atomic E-state index is 5.04. The Hall–Kier alpha value is -1.52. The van der Waals surface area contributed by atoms with Crippen LogP contribution < -0.4 is 4.74 Å². The smallest absolute Gasteiger partial charge is 0.219 e. The zero-order valence-electron chi connectivity index (χ0n) is 5.06. The topological polar surface area (TPSA) is 59.7 Å². The molecule has 0 saturated carbocycles. The maximum Gasteiger partial charge on any atom is 0.219 e. The van der Waals surface area contributed by atoms with Gasteiger partial charge in [-0.15, -0.1) is 10.2 Å². The van der Waals surface area contributed by atoms with Crippen LogP contribution in [0.5, 0.6) is 5.75 Å². The Morgan fingerprint density at radius 1 is 1.50 bits per heavy atom. The van der Waals surface area contributed by atoms with Crippen molar-refractivity contribution in [3.63, 3.8) is 0 Å². The summed E-state index contributed by atoms with van der Waals surface area (Å²) in [5.74, 6) is 1.10. The summed E-state index contributed by atoms with van der Waals surface area (Å²) in [6.45, 7) is 0.264. The highest BCUT2D eigenvalue weighted by atomic mass is 16.5. The third-order valence-corrected chi connectivity index (χ3v) is 1.10. The standard InChI is InChI=1S/C5H4N4O/c1-4-5(7-2-6-1)9-8-3-10-4/h1-2H,3H2. The number of hydrogen-bond acceptors (Lipinski definition) is 5. The molecule has 1 aliphatic rings. The van der Waals surface area contributed by atoms with Gasteiger partial charge in [0.15, 0.2) is 12.5 Å². The van der Waals surface area contributed by atoms with Crippen LogP contribution in [0.1, 0.15) is 0 Å². The Morgan fingerprint density at radius 2 is 2.50 bits per heavy atom. The van der Waals surface area contributed by atoms with Crippen molar-refractivity contribution in [2.24, 2.45) is 10.2 Å². The number of rotatable bonds is 0. The number of ether oxygens (including phenoxy) is 1. The lowest BCUT2D eigenvalue weighted by atomic mass is 10.5. The zero-order chi connectivity index (χ0) is 6.81. The van der Waals surface area contributed by atoms with E-state index in [1.807, 2.05) is 0 Å². The van der Waals surface area contributed by atoms with Crippen LogP contribution in [-0.4, -0.2) is 16.7 Å². The second-order valence-corrected chi connectivity index (χ2v) is 1.73. The fourth-order valence-corrected chi connectivity index (χ4v) is 0.682. The molecule has 1 aromatic rings. The van der Waals surface area contributed by atoms with Crippen LogP contribution in [0.25, 0.3) is 0 Å². The van der Waals surface area contributed by atoms with Crippen molar-refractivity contribution in [1.82, 2.24) is 9.97 Å². The van der Waals surface area contributed by atoms with Crippen molar-refractivity contribution in [1.29, 1.82) is 0 Å². The van der Waals surface area contributed by atoms with E-state index in [1.54, 1.807) is 6.20 Å². The predicted molar refractivity (Wildman–Crippen MR) is 32.0 cm³/mol. The Bertz CT molecular complexity index is 272. The summed E-state index contributed by atoms with van der Waals surface area (Å²) in [5.41, 5.74) is 0. The molecule has 2 heterocycles. The number of fused-ring (bicyclic) bond motifs is 1. The number of hydrogen-bond donors (Lipinski definition) is 0. The third kappa shape index (κ3) is 0.717. The molecular formula is C5H4N4O. The van der Waals surface area contributed by atoms with E-state index in [4.69, 9.17) is 4.74 Å². The lowest BCUT2D eigenvalue weighted by molar-refractivity contribution is 0.310. The molecule has 50 valence electrons. The first-order valence-corrected chi connectivity index (χ1v) is 2.77. The lowest BCUT2D eigenvalue weighted by Gasteiger charge is -2.06. The first-order chi connectivity index (χ1) is 4.97. The largest absolute Gasteiger partial charge is 0.464 e. The van der Waals surface area contributed by atoms with Gasteiger partial charge in [-0.1, -0.05) is 0 Å². The molecule has 0 aromatic carbocycles. The second kappa shape index (κ2) is 2.02. The predicted octanol–water partition coefficient (Wildman–Crippen LogP) is 0.910. The van der Waals surface area contributed by atoms with Crippen molar-refractivity contribution in [2.75, 3.05) is 6.73 Å². The van der Waals surface area contributed by atoms with Gasteiger partial charge in [-0.25, -0.2) is 9.97 Å². The highest BCUT2D eigenvalue weighted by molar-refractivity contribution is 5.42. The first-order valence-electron chi connectivity index (χ1n) is 2.77. The highest BCUT2D eigenvalue weighted by Gasteiger charge is 2.06. The van der Waals surface area contributed by atoms with E-state index in [-0.39, 0.29) is 6.73 Å². The average molecular weight is 136 g/mol. The van der Waals surface area contributed by atoms with Gasteiger partial charge in [0.1, 0.15) is 6.33 Å². The van der Waals surface area contributed by atoms with E-state index in [1.165, 1.54) is 6.33 Å². The van der Waals surface area contributed by atoms with Crippen LogP contribution >= 0.6 is 0 Å². The minimum Gasteiger partial charge on any atom is -0.464 e. The van der Waals surface area contributed by atoms with Gasteiger partial charge in [-0.3, -0.25) is 0 Å². The number of nitrogens with zero attached hydrogens (tertiary/aromatic N) is 4. The fraction of sp³-hybridized carbons (Fsp3) is 0.200. The zero-order valence-corrected chi connectivity index (χ0v) is 5.06. The van der Waals surface area contributed by atoms with Gasteiger partial charge < -0.3 is 4.74 Å². The summed E-state index contributed by atoms with van der Waals surface area (Å²) in [4.78, 5) is 7.58. The summed E-state index contributed by atoms with van der Waals surface area (Å²) in [7, 11) is 0. The molecule has 0 saturated heterocycles. The van der Waals surface area contributed by atoms with Crippen LogP contribution in [0.2, 0.25) is 0 Å². The van der Waals surface area contributed by atoms with E-state index in [2.05, 4.69) is 20.2 Å². The molecule has 1 aliphatic heterocycles. The number of azo groups is 1. The molecule has 0 atom stereocenters. The van der Waals surface area contributed by atoms with Gasteiger partial charge in [0.25, 0.3) is 0 Å². The van der Waals surface area contributed by atoms with Gasteiger partial charge >= 0.3 is 0 Å². The Kier molecular flexibility index (Phi) is 1.06. The summed E-state index contributed by atoms with van der Waals surface area (Å²) in [5, 5.41) is 7.37. The lowest BCUT2D eigenvalue weighted by Crippen LogP contribution is -1.98. The van der Waals surface area contributed by atoms with Gasteiger partial charge in [0.05, 0.1) is 6.20 Å². The molecule has 2 rings (SSSR count). The summed E-state index contributed by atoms with van der Waals surface area (Å²) in [6.07, 6.45) is 2.98. The molecule has 0 N–H and O–H groups in total. The molecule has 0 spiro atoms. The van der Waals surface area contributed by atoms with Crippen molar-refractivity contribution in [3.8, 4) is 5.75 Å². The Balaban J connectivity index is 2.54. The monoisotopic (exact) mass is 136 g/mol. The van der Waals surface area contributed by atoms with E-state index < -0.39 is 0 Å². The van der Waals surface area contributed by atoms with Crippen LogP contribution in [0, 0.1) is 0 Å². The average Bonchev–Trinajstić information content (AvgIpc) is 2.05. The summed E-state index contributed by atoms with van der Waals surface area (Å²) in [6, 6.07) is 0. The molecule has 0 bridgehead atoms. The van der Waals surface area contributed by atoms with E-state index in [0.717, 1.165) is 0 Å². The van der Waals surface area contributed by atoms with Gasteiger partial charge in [0.2, 0.25) is 5.82 Å². The van der Waals surface area contributed by atoms with Crippen LogP contribution in [-0.2, 0) is 0 Å². The SMILES string of the molecule is c1ncc2c(n1)N=NCO2. The Labute approximate surface area is 56.8 Å². The quantitative estimate of drug-likeness (QED) is 0.532. The molecule has 5 nitrogen and oxygen atoms in total. The van der Waals surface area contributed by atoms with Crippen molar-refractivity contribution in [3.05, 3.63) is 12.5 Å². The minimum absolute atomic E-state index is 0.264. The summed E-state index contributed by atoms with van der Waals surface area (Å²) >= 11 is 0. The number of aromatic nitrogens is 2. The molecular weight excluding hydrogens is 132 g/mol. The third-order valence-electron chi connectivity index (χ3n) is 1.10. The van der Waals surface area contributed by atoms with Gasteiger partial charge in [-0.05, 0) is 0 Å². The van der Waals surface area contributed by atoms with Crippen molar-refractivity contribution in [2.45, 2.75) is 0 Å². The molecule has 0 aliphatic carbocycles. The van der Waals surface area contributed by atoms with Crippen molar-refractivity contribution >= 4 is 5.82 Å². The van der Waals surface area contributed by atoms with Gasteiger partial charge in [-0.2, -0.15) is 0 Å². The normalized spacial score (nSPS) is 14.0. The van der Waals surface area contributed by atoms with E-state index in [9.17, 15) is 0 Å². The molecule has 10 heavy (non-hydrogen) atoms. The van der Waals surface area contributed by atoms with Gasteiger partial charge in [0, 0.05) is 0 Å². The molecule has 1 aromatic heterocycles. The molecule has 0 radical (unpaired) electrons. The first kappa shape index (κ1) is 5.28. The molecule has 5 heteroatoms. The second-order valence-electron chi connectivity index (χ2n) is 1.73. The molecule has 0 fully saturated rings. The van der Waals surface area contributed by atoms with E-state index >= 15 is 0 Å². The highest BCUT2D eigenvalue weighted by Crippen LogP contribution is 2.25. The maximum absolute atomic E-state index is 5.04. The van der Waals surface area contributed by atoms with Crippen LogP contribution in [0.15, 0.2) is 22.8 Å².